The molecule has 0 aliphatic rings. The van der Waals surface area contributed by atoms with Crippen molar-refractivity contribution in [2.75, 3.05) is 33.1 Å². The van der Waals surface area contributed by atoms with E-state index in [1.807, 2.05) is 13.8 Å². The minimum absolute atomic E-state index is 0.296. The fraction of sp³-hybridized carbons (Fsp3) is 1.00. The first kappa shape index (κ1) is 20.8. The van der Waals surface area contributed by atoms with Crippen molar-refractivity contribution in [2.24, 2.45) is 5.92 Å². The van der Waals surface area contributed by atoms with Crippen LogP contribution in [0, 0.1) is 5.92 Å². The molecular weight excluding hydrogens is 291 g/mol. The van der Waals surface area contributed by atoms with Crippen LogP contribution in [0.5, 0.6) is 0 Å². The molecule has 0 aliphatic heterocycles. The fourth-order valence-electron chi connectivity index (χ4n) is 2.75. The van der Waals surface area contributed by atoms with Gasteiger partial charge in [0.1, 0.15) is 6.67 Å². The normalized spacial score (nSPS) is 16.5. The zero-order valence-corrected chi connectivity index (χ0v) is 15.5. The van der Waals surface area contributed by atoms with Crippen LogP contribution in [0.3, 0.4) is 0 Å². The Morgan fingerprint density at radius 2 is 1.76 bits per heavy atom. The third-order valence-electron chi connectivity index (χ3n) is 4.33. The summed E-state index contributed by atoms with van der Waals surface area (Å²) in [6.07, 6.45) is 2.96. The van der Waals surface area contributed by atoms with Crippen molar-refractivity contribution in [1.82, 2.24) is 9.21 Å². The van der Waals surface area contributed by atoms with Crippen molar-refractivity contribution < 1.29 is 12.8 Å². The van der Waals surface area contributed by atoms with Crippen LogP contribution < -0.4 is 0 Å². The van der Waals surface area contributed by atoms with E-state index < -0.39 is 15.6 Å². The summed E-state index contributed by atoms with van der Waals surface area (Å²) >= 11 is 0. The summed E-state index contributed by atoms with van der Waals surface area (Å²) in [7, 11) is -1.59. The number of alkyl halides is 1. The third kappa shape index (κ3) is 7.06. The Kier molecular flexibility index (Phi) is 8.36. The van der Waals surface area contributed by atoms with E-state index in [0.29, 0.717) is 18.5 Å². The number of nitrogens with zero attached hydrogens (tertiary/aromatic N) is 2. The second-order valence-electron chi connectivity index (χ2n) is 6.79. The maximum absolute atomic E-state index is 12.7. The molecule has 0 aromatic heterocycles. The maximum atomic E-state index is 12.7. The molecule has 0 heterocycles. The summed E-state index contributed by atoms with van der Waals surface area (Å²) in [4.78, 5) is 2.15. The lowest BCUT2D eigenvalue weighted by Crippen LogP contribution is -2.47. The maximum Gasteiger partial charge on any atom is 0.211 e. The third-order valence-corrected chi connectivity index (χ3v) is 5.82. The van der Waals surface area contributed by atoms with Crippen molar-refractivity contribution in [3.8, 4) is 0 Å². The molecule has 0 aromatic rings. The van der Waals surface area contributed by atoms with Gasteiger partial charge in [-0.2, -0.15) is 4.31 Å². The summed E-state index contributed by atoms with van der Waals surface area (Å²) in [6, 6.07) is 0.346. The first-order valence-electron chi connectivity index (χ1n) is 7.69. The molecule has 0 N–H and O–H groups in total. The summed E-state index contributed by atoms with van der Waals surface area (Å²) in [5.41, 5.74) is -0.441. The van der Waals surface area contributed by atoms with Gasteiger partial charge in [0.05, 0.1) is 6.26 Å². The van der Waals surface area contributed by atoms with Crippen LogP contribution in [0.2, 0.25) is 0 Å². The van der Waals surface area contributed by atoms with Crippen LogP contribution in [-0.2, 0) is 10.0 Å². The van der Waals surface area contributed by atoms with Crippen molar-refractivity contribution in [3.63, 3.8) is 0 Å². The van der Waals surface area contributed by atoms with Gasteiger partial charge in [-0.3, -0.25) is 4.90 Å². The van der Waals surface area contributed by atoms with Gasteiger partial charge in [0.15, 0.2) is 0 Å². The lowest BCUT2D eigenvalue weighted by molar-refractivity contribution is 0.136. The Labute approximate surface area is 130 Å². The Balaban J connectivity index is 4.76. The standard InChI is InChI=1S/C15H33FN2O2S/c1-8-14(3)18(10-9-16)12-13(2)11-15(4,5)17(6)21(7,19)20/h13-14H,8-12H2,1-7H3. The van der Waals surface area contributed by atoms with Gasteiger partial charge in [0.25, 0.3) is 0 Å². The second kappa shape index (κ2) is 8.44. The molecule has 0 aliphatic carbocycles. The molecule has 0 saturated heterocycles. The molecule has 2 atom stereocenters. The lowest BCUT2D eigenvalue weighted by Gasteiger charge is -2.38. The Morgan fingerprint density at radius 3 is 2.14 bits per heavy atom. The van der Waals surface area contributed by atoms with Gasteiger partial charge >= 0.3 is 0 Å². The molecule has 128 valence electrons. The zero-order chi connectivity index (χ0) is 16.8. The van der Waals surface area contributed by atoms with E-state index >= 15 is 0 Å². The highest BCUT2D eigenvalue weighted by Crippen LogP contribution is 2.25. The summed E-state index contributed by atoms with van der Waals surface area (Å²) in [6.45, 7) is 11.1. The first-order chi connectivity index (χ1) is 9.45. The van der Waals surface area contributed by atoms with E-state index in [1.54, 1.807) is 7.05 Å². The highest BCUT2D eigenvalue weighted by molar-refractivity contribution is 7.88. The molecule has 6 heteroatoms. The molecule has 0 fully saturated rings. The minimum atomic E-state index is -3.21. The van der Waals surface area contributed by atoms with Crippen LogP contribution in [-0.4, -0.2) is 62.3 Å². The monoisotopic (exact) mass is 324 g/mol. The second-order valence-corrected chi connectivity index (χ2v) is 8.81. The van der Waals surface area contributed by atoms with E-state index in [4.69, 9.17) is 0 Å². The summed E-state index contributed by atoms with van der Waals surface area (Å²) in [5.74, 6) is 0.296. The van der Waals surface area contributed by atoms with Crippen molar-refractivity contribution >= 4 is 10.0 Å². The number of hydrogen-bond acceptors (Lipinski definition) is 3. The molecule has 2 unspecified atom stereocenters. The van der Waals surface area contributed by atoms with E-state index in [-0.39, 0.29) is 6.67 Å². The van der Waals surface area contributed by atoms with Crippen LogP contribution in [0.4, 0.5) is 4.39 Å². The Hall–Kier alpha value is -0.200. The van der Waals surface area contributed by atoms with Crippen LogP contribution in [0.15, 0.2) is 0 Å². The molecule has 0 rings (SSSR count). The molecule has 4 nitrogen and oxygen atoms in total. The van der Waals surface area contributed by atoms with E-state index in [1.165, 1.54) is 10.6 Å². The fourth-order valence-corrected chi connectivity index (χ4v) is 3.73. The van der Waals surface area contributed by atoms with Crippen molar-refractivity contribution in [1.29, 1.82) is 0 Å². The van der Waals surface area contributed by atoms with E-state index in [0.717, 1.165) is 19.4 Å². The number of rotatable bonds is 10. The van der Waals surface area contributed by atoms with Crippen LogP contribution in [0.1, 0.15) is 47.5 Å². The van der Waals surface area contributed by atoms with Gasteiger partial charge in [0, 0.05) is 31.7 Å². The predicted molar refractivity (Wildman–Crippen MR) is 87.8 cm³/mol. The first-order valence-corrected chi connectivity index (χ1v) is 9.54. The van der Waals surface area contributed by atoms with E-state index in [9.17, 15) is 12.8 Å². The number of sulfonamides is 1. The molecule has 0 amide bonds. The smallest absolute Gasteiger partial charge is 0.211 e. The topological polar surface area (TPSA) is 40.6 Å². The molecular formula is C15H33FN2O2S. The van der Waals surface area contributed by atoms with Crippen LogP contribution in [0.25, 0.3) is 0 Å². The highest BCUT2D eigenvalue weighted by atomic mass is 32.2. The van der Waals surface area contributed by atoms with Gasteiger partial charge in [-0.1, -0.05) is 13.8 Å². The predicted octanol–water partition coefficient (Wildman–Crippen LogP) is 2.75. The van der Waals surface area contributed by atoms with Crippen LogP contribution >= 0.6 is 0 Å². The Bertz CT molecular complexity index is 398. The largest absolute Gasteiger partial charge is 0.298 e. The van der Waals surface area contributed by atoms with Crippen molar-refractivity contribution in [3.05, 3.63) is 0 Å². The molecule has 0 aromatic carbocycles. The highest BCUT2D eigenvalue weighted by Gasteiger charge is 2.32. The minimum Gasteiger partial charge on any atom is -0.298 e. The zero-order valence-electron chi connectivity index (χ0n) is 14.7. The van der Waals surface area contributed by atoms with Gasteiger partial charge in [-0.05, 0) is 39.5 Å². The average Bonchev–Trinajstić information content (AvgIpc) is 2.34. The molecule has 0 bridgehead atoms. The molecule has 0 spiro atoms. The molecule has 0 saturated carbocycles. The molecule has 21 heavy (non-hydrogen) atoms. The van der Waals surface area contributed by atoms with Gasteiger partial charge in [-0.25, -0.2) is 12.8 Å². The van der Waals surface area contributed by atoms with Gasteiger partial charge < -0.3 is 0 Å². The van der Waals surface area contributed by atoms with Crippen molar-refractivity contribution in [2.45, 2.75) is 59.0 Å². The van der Waals surface area contributed by atoms with E-state index in [2.05, 4.69) is 25.7 Å². The summed E-state index contributed by atoms with van der Waals surface area (Å²) < 4.78 is 37.5. The van der Waals surface area contributed by atoms with Gasteiger partial charge in [-0.15, -0.1) is 0 Å². The SMILES string of the molecule is CCC(C)N(CCF)CC(C)CC(C)(C)N(C)S(C)(=O)=O. The Morgan fingerprint density at radius 1 is 1.24 bits per heavy atom. The lowest BCUT2D eigenvalue weighted by atomic mass is 9.91. The van der Waals surface area contributed by atoms with Gasteiger partial charge in [0.2, 0.25) is 10.0 Å². The molecule has 0 radical (unpaired) electrons. The number of hydrogen-bond donors (Lipinski definition) is 0. The summed E-state index contributed by atoms with van der Waals surface area (Å²) in [5, 5.41) is 0. The number of halogens is 1. The average molecular weight is 325 g/mol. The quantitative estimate of drug-likeness (QED) is 0.620.